The largest absolute Gasteiger partial charge is 0.483 e. The molecule has 2 atom stereocenters. The number of hydrogen-bond donors (Lipinski definition) is 1. The molecule has 0 aromatic carbocycles. The van der Waals surface area contributed by atoms with Crippen LogP contribution in [-0.2, 0) is 29.2 Å². The molecule has 2 bridgehead atoms. The van der Waals surface area contributed by atoms with Crippen LogP contribution in [0.2, 0.25) is 0 Å². The molecule has 0 aliphatic carbocycles. The summed E-state index contributed by atoms with van der Waals surface area (Å²) in [5, 5.41) is 11.5. The van der Waals surface area contributed by atoms with Crippen LogP contribution in [-0.4, -0.2) is 75.0 Å². The van der Waals surface area contributed by atoms with Gasteiger partial charge < -0.3 is 9.84 Å². The summed E-state index contributed by atoms with van der Waals surface area (Å²) in [5.74, 6) is 0.566. The van der Waals surface area contributed by atoms with E-state index in [1.54, 1.807) is 11.3 Å². The second kappa shape index (κ2) is 11.0. The van der Waals surface area contributed by atoms with Gasteiger partial charge in [-0.1, -0.05) is 6.92 Å². The second-order valence-electron chi connectivity index (χ2n) is 8.13. The molecule has 0 unspecified atom stereocenters. The summed E-state index contributed by atoms with van der Waals surface area (Å²) >= 11 is 1.78. The molecule has 9 heteroatoms. The van der Waals surface area contributed by atoms with Gasteiger partial charge in [-0.25, -0.2) is 4.98 Å². The van der Waals surface area contributed by atoms with Gasteiger partial charge in [-0.2, -0.15) is 5.10 Å². The van der Waals surface area contributed by atoms with E-state index in [0.29, 0.717) is 12.0 Å². The Morgan fingerprint density at radius 2 is 2.07 bits per heavy atom. The lowest BCUT2D eigenvalue weighted by Crippen LogP contribution is -2.43. The van der Waals surface area contributed by atoms with Gasteiger partial charge in [-0.05, 0) is 20.3 Å². The molecular formula is C21H33N5O3S. The van der Waals surface area contributed by atoms with Crippen molar-refractivity contribution >= 4 is 17.8 Å². The van der Waals surface area contributed by atoms with Crippen LogP contribution in [0.5, 0.6) is 0 Å². The third-order valence-electron chi connectivity index (χ3n) is 5.88. The van der Waals surface area contributed by atoms with Crippen molar-refractivity contribution in [2.75, 3.05) is 32.8 Å². The standard InChI is InChI=1S/C20H31N5OS.CH2O2/c1-4-5-25-16(3)18(6-22-25)9-24-8-17-7-23(10-19(24)13-26-12-17)11-20-15(2)21-14-27-20;2-1-3/h6,14,17,19H,4-5,7-13H2,1-3H3;1H,(H,2,3)/t17-,19-;/m0./s1. The SMILES string of the molecule is CCCn1ncc(CN2C[C@H]3COC[C@@H]2CN(Cc2scnc2C)C3)c1C.O=CO. The van der Waals surface area contributed by atoms with Crippen LogP contribution in [0, 0.1) is 19.8 Å². The van der Waals surface area contributed by atoms with E-state index >= 15 is 0 Å². The molecule has 2 aliphatic heterocycles. The van der Waals surface area contributed by atoms with Crippen molar-refractivity contribution in [1.82, 2.24) is 24.6 Å². The lowest BCUT2D eigenvalue weighted by atomic mass is 10.1. The Balaban J connectivity index is 0.000000806. The lowest BCUT2D eigenvalue weighted by molar-refractivity contribution is -0.122. The number of thiazole rings is 1. The van der Waals surface area contributed by atoms with Gasteiger partial charge in [-0.15, -0.1) is 11.3 Å². The molecule has 8 nitrogen and oxygen atoms in total. The normalized spacial score (nSPS) is 22.2. The van der Waals surface area contributed by atoms with Gasteiger partial charge in [0.1, 0.15) is 0 Å². The number of rotatable bonds is 6. The molecule has 0 saturated carbocycles. The molecule has 0 spiro atoms. The first kappa shape index (κ1) is 22.9. The van der Waals surface area contributed by atoms with E-state index in [2.05, 4.69) is 51.5 Å². The molecule has 4 heterocycles. The smallest absolute Gasteiger partial charge is 0.290 e. The molecule has 166 valence electrons. The van der Waals surface area contributed by atoms with Crippen molar-refractivity contribution in [1.29, 1.82) is 0 Å². The van der Waals surface area contributed by atoms with Crippen LogP contribution in [0.15, 0.2) is 11.7 Å². The van der Waals surface area contributed by atoms with E-state index in [-0.39, 0.29) is 6.47 Å². The second-order valence-corrected chi connectivity index (χ2v) is 9.06. The highest BCUT2D eigenvalue weighted by molar-refractivity contribution is 7.09. The van der Waals surface area contributed by atoms with Crippen LogP contribution < -0.4 is 0 Å². The number of fused-ring (bicyclic) bond motifs is 3. The van der Waals surface area contributed by atoms with Gasteiger partial charge in [0.25, 0.3) is 6.47 Å². The number of ether oxygens (including phenoxy) is 1. The number of aromatic nitrogens is 3. The van der Waals surface area contributed by atoms with E-state index in [9.17, 15) is 0 Å². The van der Waals surface area contributed by atoms with E-state index in [4.69, 9.17) is 14.6 Å². The minimum atomic E-state index is -0.250. The summed E-state index contributed by atoms with van der Waals surface area (Å²) in [4.78, 5) is 19.4. The Hall–Kier alpha value is -1.81. The van der Waals surface area contributed by atoms with Crippen LogP contribution in [0.1, 0.15) is 35.2 Å². The summed E-state index contributed by atoms with van der Waals surface area (Å²) < 4.78 is 8.16. The maximum Gasteiger partial charge on any atom is 0.290 e. The van der Waals surface area contributed by atoms with E-state index in [1.807, 2.05) is 5.51 Å². The molecule has 0 radical (unpaired) electrons. The fraction of sp³-hybridized carbons (Fsp3) is 0.667. The van der Waals surface area contributed by atoms with Crippen LogP contribution in [0.4, 0.5) is 0 Å². The van der Waals surface area contributed by atoms with Crippen molar-refractivity contribution in [3.05, 3.63) is 33.5 Å². The van der Waals surface area contributed by atoms with Gasteiger partial charge in [0, 0.05) is 67.4 Å². The van der Waals surface area contributed by atoms with Crippen LogP contribution in [0.25, 0.3) is 0 Å². The quantitative estimate of drug-likeness (QED) is 0.698. The number of carbonyl (C=O) groups is 1. The fourth-order valence-electron chi connectivity index (χ4n) is 4.33. The molecule has 2 saturated heterocycles. The fourth-order valence-corrected chi connectivity index (χ4v) is 5.14. The third-order valence-corrected chi connectivity index (χ3v) is 6.80. The maximum absolute atomic E-state index is 8.36. The summed E-state index contributed by atoms with van der Waals surface area (Å²) in [6.45, 7) is 14.3. The zero-order valence-electron chi connectivity index (χ0n) is 18.2. The van der Waals surface area contributed by atoms with Crippen molar-refractivity contribution in [2.45, 2.75) is 52.9 Å². The van der Waals surface area contributed by atoms with Crippen molar-refractivity contribution in [3.63, 3.8) is 0 Å². The summed E-state index contributed by atoms with van der Waals surface area (Å²) in [6, 6.07) is 0.444. The number of nitrogens with zero attached hydrogens (tertiary/aromatic N) is 5. The van der Waals surface area contributed by atoms with E-state index in [1.165, 1.54) is 21.8 Å². The number of hydrogen-bond acceptors (Lipinski definition) is 7. The molecule has 2 aromatic rings. The molecule has 2 aromatic heterocycles. The Labute approximate surface area is 182 Å². The first-order valence-electron chi connectivity index (χ1n) is 10.6. The Bertz CT molecular complexity index is 808. The van der Waals surface area contributed by atoms with E-state index < -0.39 is 0 Å². The highest BCUT2D eigenvalue weighted by Gasteiger charge is 2.34. The average molecular weight is 436 g/mol. The average Bonchev–Trinajstić information content (AvgIpc) is 3.13. The summed E-state index contributed by atoms with van der Waals surface area (Å²) in [5.41, 5.74) is 5.83. The first-order valence-corrected chi connectivity index (χ1v) is 11.5. The van der Waals surface area contributed by atoms with Gasteiger partial charge in [0.15, 0.2) is 0 Å². The molecule has 4 rings (SSSR count). The van der Waals surface area contributed by atoms with Gasteiger partial charge in [0.2, 0.25) is 0 Å². The highest BCUT2D eigenvalue weighted by atomic mass is 32.1. The Morgan fingerprint density at radius 1 is 1.27 bits per heavy atom. The Kier molecular flexibility index (Phi) is 8.38. The molecule has 2 aliphatic rings. The Morgan fingerprint density at radius 3 is 2.77 bits per heavy atom. The molecule has 30 heavy (non-hydrogen) atoms. The zero-order chi connectivity index (χ0) is 21.5. The van der Waals surface area contributed by atoms with Crippen molar-refractivity contribution < 1.29 is 14.6 Å². The number of aryl methyl sites for hydroxylation is 2. The summed E-state index contributed by atoms with van der Waals surface area (Å²) in [6.07, 6.45) is 3.19. The summed E-state index contributed by atoms with van der Waals surface area (Å²) in [7, 11) is 0. The third kappa shape index (κ3) is 5.66. The van der Waals surface area contributed by atoms with Gasteiger partial charge >= 0.3 is 0 Å². The molecule has 1 N–H and O–H groups in total. The maximum atomic E-state index is 8.36. The molecule has 2 fully saturated rings. The van der Waals surface area contributed by atoms with Crippen LogP contribution >= 0.6 is 11.3 Å². The zero-order valence-corrected chi connectivity index (χ0v) is 19.0. The topological polar surface area (TPSA) is 83.7 Å². The number of carboxylic acid groups (broad SMARTS) is 1. The predicted molar refractivity (Wildman–Crippen MR) is 117 cm³/mol. The monoisotopic (exact) mass is 435 g/mol. The van der Waals surface area contributed by atoms with Gasteiger partial charge in [0.05, 0.1) is 30.6 Å². The first-order chi connectivity index (χ1) is 14.5. The minimum Gasteiger partial charge on any atom is -0.483 e. The lowest BCUT2D eigenvalue weighted by Gasteiger charge is -2.31. The van der Waals surface area contributed by atoms with Crippen molar-refractivity contribution in [3.8, 4) is 0 Å². The van der Waals surface area contributed by atoms with E-state index in [0.717, 1.165) is 58.9 Å². The molecular weight excluding hydrogens is 402 g/mol. The van der Waals surface area contributed by atoms with Crippen molar-refractivity contribution in [2.24, 2.45) is 5.92 Å². The van der Waals surface area contributed by atoms with Crippen LogP contribution in [0.3, 0.4) is 0 Å². The van der Waals surface area contributed by atoms with Gasteiger partial charge in [-0.3, -0.25) is 19.3 Å². The highest BCUT2D eigenvalue weighted by Crippen LogP contribution is 2.25. The predicted octanol–water partition coefficient (Wildman–Crippen LogP) is 2.40. The minimum absolute atomic E-state index is 0.250. The molecule has 0 amide bonds.